The van der Waals surface area contributed by atoms with Crippen molar-refractivity contribution in [3.05, 3.63) is 22.8 Å². The average Bonchev–Trinajstić information content (AvgIpc) is 1.93. The van der Waals surface area contributed by atoms with Crippen molar-refractivity contribution in [2.45, 2.75) is 0 Å². The molecule has 0 bridgehead atoms. The minimum absolute atomic E-state index is 1.34. The molecule has 0 heterocycles. The first kappa shape index (κ1) is 10.3. The molecule has 0 unspecified atom stereocenters. The Morgan fingerprint density at radius 3 is 2.10 bits per heavy atom. The van der Waals surface area contributed by atoms with E-state index in [4.69, 9.17) is 0 Å². The van der Waals surface area contributed by atoms with E-state index in [0.29, 0.717) is 0 Å². The number of hydrogen-bond donors (Lipinski definition) is 0. The SMILES string of the molecule is [Te]c1ccc(I)c(I)c1I. The molecule has 0 fully saturated rings. The van der Waals surface area contributed by atoms with Gasteiger partial charge in [-0.05, 0) is 0 Å². The van der Waals surface area contributed by atoms with Crippen LogP contribution in [-0.2, 0) is 0 Å². The van der Waals surface area contributed by atoms with E-state index in [0.717, 1.165) is 0 Å². The van der Waals surface area contributed by atoms with Crippen molar-refractivity contribution in [2.24, 2.45) is 0 Å². The fraction of sp³-hybridized carbons (Fsp3) is 0. The van der Waals surface area contributed by atoms with Crippen LogP contribution in [0.1, 0.15) is 0 Å². The van der Waals surface area contributed by atoms with Crippen molar-refractivity contribution < 1.29 is 0 Å². The zero-order valence-electron chi connectivity index (χ0n) is 4.70. The van der Waals surface area contributed by atoms with Crippen molar-refractivity contribution in [2.75, 3.05) is 0 Å². The topological polar surface area (TPSA) is 0 Å². The van der Waals surface area contributed by atoms with Crippen LogP contribution < -0.4 is 3.61 Å². The van der Waals surface area contributed by atoms with Gasteiger partial charge in [0.1, 0.15) is 0 Å². The van der Waals surface area contributed by atoms with Crippen LogP contribution in [0.25, 0.3) is 0 Å². The summed E-state index contributed by atoms with van der Waals surface area (Å²) in [6.45, 7) is 0. The first-order valence-corrected chi connectivity index (χ1v) is 6.83. The monoisotopic (exact) mass is 585 g/mol. The van der Waals surface area contributed by atoms with E-state index in [1.54, 1.807) is 0 Å². The second kappa shape index (κ2) is 4.44. The fourth-order valence-corrected chi connectivity index (χ4v) is 3.47. The molecule has 0 N–H and O–H groups in total. The van der Waals surface area contributed by atoms with E-state index in [-0.39, 0.29) is 0 Å². The third-order valence-electron chi connectivity index (χ3n) is 1.000. The molecular formula is C6H2I3Te. The summed E-state index contributed by atoms with van der Waals surface area (Å²) in [7, 11) is 0. The molecule has 0 aromatic heterocycles. The van der Waals surface area contributed by atoms with E-state index < -0.39 is 0 Å². The molecule has 0 saturated carbocycles. The van der Waals surface area contributed by atoms with Crippen molar-refractivity contribution in [1.82, 2.24) is 0 Å². The van der Waals surface area contributed by atoms with Gasteiger partial charge < -0.3 is 0 Å². The summed E-state index contributed by atoms with van der Waals surface area (Å²) in [5.74, 6) is 0. The van der Waals surface area contributed by atoms with Crippen LogP contribution in [0.5, 0.6) is 0 Å². The van der Waals surface area contributed by atoms with Crippen molar-refractivity contribution in [3.8, 4) is 0 Å². The van der Waals surface area contributed by atoms with Crippen molar-refractivity contribution in [3.63, 3.8) is 0 Å². The molecule has 0 aliphatic heterocycles. The van der Waals surface area contributed by atoms with E-state index in [1.807, 2.05) is 0 Å². The van der Waals surface area contributed by atoms with Crippen molar-refractivity contribution >= 4 is 93.7 Å². The summed E-state index contributed by atoms with van der Waals surface area (Å²) in [4.78, 5) is 0. The molecule has 0 aliphatic carbocycles. The molecule has 0 aliphatic rings. The van der Waals surface area contributed by atoms with Gasteiger partial charge in [0.25, 0.3) is 0 Å². The summed E-state index contributed by atoms with van der Waals surface area (Å²) >= 11 is 9.19. The van der Waals surface area contributed by atoms with Gasteiger partial charge in [-0.3, -0.25) is 0 Å². The van der Waals surface area contributed by atoms with E-state index >= 15 is 0 Å². The molecule has 10 heavy (non-hydrogen) atoms. The van der Waals surface area contributed by atoms with Gasteiger partial charge in [0.2, 0.25) is 0 Å². The summed E-state index contributed by atoms with van der Waals surface area (Å²) in [6, 6.07) is 4.32. The van der Waals surface area contributed by atoms with Gasteiger partial charge in [-0.2, -0.15) is 0 Å². The Morgan fingerprint density at radius 1 is 1.00 bits per heavy atom. The Bertz CT molecular complexity index is 232. The Hall–Kier alpha value is 2.20. The zero-order valence-corrected chi connectivity index (χ0v) is 13.5. The van der Waals surface area contributed by atoms with Crippen LogP contribution in [-0.4, -0.2) is 22.3 Å². The van der Waals surface area contributed by atoms with E-state index in [1.165, 1.54) is 14.3 Å². The maximum absolute atomic E-state index is 2.38. The molecule has 0 atom stereocenters. The van der Waals surface area contributed by atoms with Gasteiger partial charge in [0, 0.05) is 0 Å². The molecule has 1 aromatic carbocycles. The average molecular weight is 582 g/mol. The molecule has 4 heteroatoms. The quantitative estimate of drug-likeness (QED) is 0.251. The second-order valence-corrected chi connectivity index (χ2v) is 6.25. The number of benzene rings is 1. The van der Waals surface area contributed by atoms with Crippen LogP contribution in [0.2, 0.25) is 0 Å². The summed E-state index contributed by atoms with van der Waals surface area (Å²) in [5.41, 5.74) is 0. The predicted octanol–water partition coefficient (Wildman–Crippen LogP) is 2.29. The normalized spacial score (nSPS) is 9.90. The molecular weight excluding hydrogens is 580 g/mol. The zero-order chi connectivity index (χ0) is 7.72. The molecule has 0 nitrogen and oxygen atoms in total. The van der Waals surface area contributed by atoms with E-state index in [2.05, 4.69) is 102 Å². The van der Waals surface area contributed by atoms with Crippen LogP contribution in [0.15, 0.2) is 12.1 Å². The van der Waals surface area contributed by atoms with Crippen LogP contribution in [0, 0.1) is 10.7 Å². The Labute approximate surface area is 114 Å². The Kier molecular flexibility index (Phi) is 4.56. The van der Waals surface area contributed by atoms with Gasteiger partial charge in [-0.25, -0.2) is 0 Å². The van der Waals surface area contributed by atoms with Crippen molar-refractivity contribution in [1.29, 1.82) is 0 Å². The standard InChI is InChI=1S/C6H2I3Te/c7-3-1-2-4(10)6(9)5(3)8/h1-2H. The predicted molar refractivity (Wildman–Crippen MR) is 70.0 cm³/mol. The number of rotatable bonds is 0. The van der Waals surface area contributed by atoms with Gasteiger partial charge in [0.05, 0.1) is 0 Å². The second-order valence-electron chi connectivity index (χ2n) is 1.67. The Balaban J connectivity index is 3.34. The molecule has 1 radical (unpaired) electrons. The first-order valence-electron chi connectivity index (χ1n) is 2.43. The molecule has 1 rings (SSSR count). The van der Waals surface area contributed by atoms with Gasteiger partial charge in [-0.1, -0.05) is 0 Å². The van der Waals surface area contributed by atoms with E-state index in [9.17, 15) is 0 Å². The maximum atomic E-state index is 2.38. The Morgan fingerprint density at radius 2 is 1.60 bits per heavy atom. The summed E-state index contributed by atoms with van der Waals surface area (Å²) in [5, 5.41) is 0. The third kappa shape index (κ3) is 2.34. The summed E-state index contributed by atoms with van der Waals surface area (Å²) in [6.07, 6.45) is 0. The summed E-state index contributed by atoms with van der Waals surface area (Å²) < 4.78 is 5.48. The minimum atomic E-state index is 1.34. The molecule has 0 saturated heterocycles. The van der Waals surface area contributed by atoms with Gasteiger partial charge in [-0.15, -0.1) is 0 Å². The van der Waals surface area contributed by atoms with Crippen LogP contribution >= 0.6 is 67.8 Å². The van der Waals surface area contributed by atoms with Crippen LogP contribution in [0.4, 0.5) is 0 Å². The number of hydrogen-bond acceptors (Lipinski definition) is 0. The van der Waals surface area contributed by atoms with Crippen LogP contribution in [0.3, 0.4) is 0 Å². The molecule has 0 amide bonds. The fourth-order valence-electron chi connectivity index (χ4n) is 0.508. The molecule has 53 valence electrons. The first-order chi connectivity index (χ1) is 4.63. The third-order valence-corrected chi connectivity index (χ3v) is 8.31. The molecule has 0 spiro atoms. The van der Waals surface area contributed by atoms with Gasteiger partial charge >= 0.3 is 117 Å². The van der Waals surface area contributed by atoms with Gasteiger partial charge in [0.15, 0.2) is 0 Å². The number of halogens is 3. The molecule has 1 aromatic rings.